The van der Waals surface area contributed by atoms with Gasteiger partial charge in [-0.15, -0.1) is 0 Å². The molecule has 0 aliphatic carbocycles. The lowest BCUT2D eigenvalue weighted by atomic mass is 9.89. The number of carbonyl (C=O) groups excluding carboxylic acids is 3. The van der Waals surface area contributed by atoms with Crippen LogP contribution in [0.4, 0.5) is 5.69 Å². The van der Waals surface area contributed by atoms with Gasteiger partial charge in [0.25, 0.3) is 11.8 Å². The standard InChI is InChI=1S/C23H24N2O4S/c1-15-17(20(26)25-10-12-30-13-11-25)8-5-9-19(15)24-22(28)23(2)14-16-6-3-4-7-18(16)21(27)29-23/h3-9H,10-14H2,1-2H3,(H,24,28)/t23-/m1/s1. The van der Waals surface area contributed by atoms with Gasteiger partial charge in [-0.1, -0.05) is 24.3 Å². The quantitative estimate of drug-likeness (QED) is 0.766. The topological polar surface area (TPSA) is 75.7 Å². The second-order valence-corrected chi connectivity index (χ2v) is 9.02. The summed E-state index contributed by atoms with van der Waals surface area (Å²) in [4.78, 5) is 40.3. The molecule has 0 aromatic heterocycles. The molecule has 4 rings (SSSR count). The molecule has 2 aliphatic rings. The van der Waals surface area contributed by atoms with Gasteiger partial charge in [0.15, 0.2) is 5.60 Å². The minimum absolute atomic E-state index is 0.0202. The van der Waals surface area contributed by atoms with E-state index in [2.05, 4.69) is 5.32 Å². The molecule has 1 saturated heterocycles. The van der Waals surface area contributed by atoms with Crippen molar-refractivity contribution < 1.29 is 19.1 Å². The number of esters is 1. The van der Waals surface area contributed by atoms with Gasteiger partial charge in [0, 0.05) is 42.3 Å². The number of rotatable bonds is 3. The molecule has 0 bridgehead atoms. The minimum Gasteiger partial charge on any atom is -0.445 e. The fourth-order valence-corrected chi connectivity index (χ4v) is 4.76. The predicted octanol–water partition coefficient (Wildman–Crippen LogP) is 3.29. The van der Waals surface area contributed by atoms with E-state index in [1.807, 2.05) is 35.7 Å². The summed E-state index contributed by atoms with van der Waals surface area (Å²) in [5.41, 5.74) is 1.80. The van der Waals surface area contributed by atoms with Crippen molar-refractivity contribution >= 4 is 35.2 Å². The Morgan fingerprint density at radius 1 is 1.10 bits per heavy atom. The van der Waals surface area contributed by atoms with E-state index in [4.69, 9.17) is 4.74 Å². The highest BCUT2D eigenvalue weighted by atomic mass is 32.2. The third-order valence-corrected chi connectivity index (χ3v) is 6.62. The van der Waals surface area contributed by atoms with E-state index in [9.17, 15) is 14.4 Å². The molecular weight excluding hydrogens is 400 g/mol. The number of hydrogen-bond acceptors (Lipinski definition) is 5. The van der Waals surface area contributed by atoms with Crippen molar-refractivity contribution in [2.24, 2.45) is 0 Å². The number of thioether (sulfide) groups is 1. The van der Waals surface area contributed by atoms with Crippen LogP contribution in [0.5, 0.6) is 0 Å². The molecule has 1 atom stereocenters. The molecule has 2 aromatic carbocycles. The largest absolute Gasteiger partial charge is 0.445 e. The van der Waals surface area contributed by atoms with Gasteiger partial charge < -0.3 is 15.0 Å². The highest BCUT2D eigenvalue weighted by Gasteiger charge is 2.42. The summed E-state index contributed by atoms with van der Waals surface area (Å²) < 4.78 is 5.52. The highest BCUT2D eigenvalue weighted by Crippen LogP contribution is 2.30. The maximum atomic E-state index is 13.1. The summed E-state index contributed by atoms with van der Waals surface area (Å²) in [6, 6.07) is 12.5. The summed E-state index contributed by atoms with van der Waals surface area (Å²) in [5, 5.41) is 2.88. The van der Waals surface area contributed by atoms with E-state index >= 15 is 0 Å². The van der Waals surface area contributed by atoms with Crippen LogP contribution < -0.4 is 5.32 Å². The van der Waals surface area contributed by atoms with Crippen LogP contribution in [0.25, 0.3) is 0 Å². The lowest BCUT2D eigenvalue weighted by Gasteiger charge is -2.33. The first-order valence-electron chi connectivity index (χ1n) is 9.98. The Bertz CT molecular complexity index is 1020. The molecule has 2 aliphatic heterocycles. The van der Waals surface area contributed by atoms with E-state index < -0.39 is 17.5 Å². The van der Waals surface area contributed by atoms with Crippen LogP contribution in [-0.4, -0.2) is 52.9 Å². The number of amides is 2. The zero-order valence-electron chi connectivity index (χ0n) is 17.1. The van der Waals surface area contributed by atoms with Crippen molar-refractivity contribution in [1.82, 2.24) is 4.90 Å². The molecule has 6 nitrogen and oxygen atoms in total. The molecule has 0 unspecified atom stereocenters. The maximum Gasteiger partial charge on any atom is 0.339 e. The van der Waals surface area contributed by atoms with Crippen LogP contribution in [-0.2, 0) is 16.0 Å². The second kappa shape index (κ2) is 8.14. The molecule has 156 valence electrons. The number of anilines is 1. The van der Waals surface area contributed by atoms with Gasteiger partial charge in [0.2, 0.25) is 0 Å². The van der Waals surface area contributed by atoms with Crippen molar-refractivity contribution in [2.75, 3.05) is 29.9 Å². The Hall–Kier alpha value is -2.80. The summed E-state index contributed by atoms with van der Waals surface area (Å²) in [5.74, 6) is 0.942. The Kier molecular flexibility index (Phi) is 5.56. The van der Waals surface area contributed by atoms with Crippen LogP contribution >= 0.6 is 11.8 Å². The van der Waals surface area contributed by atoms with Crippen LogP contribution in [0.2, 0.25) is 0 Å². The third-order valence-electron chi connectivity index (χ3n) is 5.67. The molecule has 2 amide bonds. The average molecular weight is 425 g/mol. The molecular formula is C23H24N2O4S. The minimum atomic E-state index is -1.32. The number of cyclic esters (lactones) is 1. The Morgan fingerprint density at radius 2 is 1.83 bits per heavy atom. The summed E-state index contributed by atoms with van der Waals surface area (Å²) in [6.07, 6.45) is 0.295. The lowest BCUT2D eigenvalue weighted by Crippen LogP contribution is -2.49. The highest BCUT2D eigenvalue weighted by molar-refractivity contribution is 7.99. The van der Waals surface area contributed by atoms with Crippen molar-refractivity contribution in [2.45, 2.75) is 25.9 Å². The number of nitrogens with zero attached hydrogens (tertiary/aromatic N) is 1. The molecule has 0 saturated carbocycles. The molecule has 2 aromatic rings. The van der Waals surface area contributed by atoms with E-state index in [-0.39, 0.29) is 5.91 Å². The van der Waals surface area contributed by atoms with Gasteiger partial charge in [-0.05, 0) is 43.2 Å². The first kappa shape index (κ1) is 20.5. The van der Waals surface area contributed by atoms with Gasteiger partial charge in [0.05, 0.1) is 5.56 Å². The Balaban J connectivity index is 1.55. The van der Waals surface area contributed by atoms with Crippen molar-refractivity contribution in [3.8, 4) is 0 Å². The van der Waals surface area contributed by atoms with E-state index in [0.29, 0.717) is 28.8 Å². The van der Waals surface area contributed by atoms with Crippen LogP contribution in [0.15, 0.2) is 42.5 Å². The van der Waals surface area contributed by atoms with Gasteiger partial charge >= 0.3 is 5.97 Å². The van der Waals surface area contributed by atoms with E-state index in [1.54, 1.807) is 37.3 Å². The van der Waals surface area contributed by atoms with Crippen molar-refractivity contribution in [3.05, 3.63) is 64.7 Å². The SMILES string of the molecule is Cc1c(NC(=O)[C@@]2(C)Cc3ccccc3C(=O)O2)cccc1C(=O)N1CCSCC1. The number of carbonyl (C=O) groups is 3. The first-order chi connectivity index (χ1) is 14.4. The van der Waals surface area contributed by atoms with Crippen LogP contribution in [0.1, 0.15) is 38.8 Å². The summed E-state index contributed by atoms with van der Waals surface area (Å²) in [7, 11) is 0. The number of nitrogens with one attached hydrogen (secondary N) is 1. The van der Waals surface area contributed by atoms with Gasteiger partial charge in [-0.3, -0.25) is 9.59 Å². The zero-order valence-corrected chi connectivity index (χ0v) is 17.9. The molecule has 30 heavy (non-hydrogen) atoms. The number of ether oxygens (including phenoxy) is 1. The lowest BCUT2D eigenvalue weighted by molar-refractivity contribution is -0.134. The average Bonchev–Trinajstić information content (AvgIpc) is 2.75. The molecule has 0 radical (unpaired) electrons. The van der Waals surface area contributed by atoms with Gasteiger partial charge in [0.1, 0.15) is 0 Å². The molecule has 1 fully saturated rings. The van der Waals surface area contributed by atoms with Gasteiger partial charge in [-0.2, -0.15) is 11.8 Å². The Morgan fingerprint density at radius 3 is 2.60 bits per heavy atom. The normalized spacial score (nSPS) is 20.9. The predicted molar refractivity (Wildman–Crippen MR) is 117 cm³/mol. The third kappa shape index (κ3) is 3.81. The van der Waals surface area contributed by atoms with Crippen LogP contribution in [0.3, 0.4) is 0 Å². The molecule has 0 spiro atoms. The van der Waals surface area contributed by atoms with Gasteiger partial charge in [-0.25, -0.2) is 4.79 Å². The van der Waals surface area contributed by atoms with E-state index in [0.717, 1.165) is 30.2 Å². The van der Waals surface area contributed by atoms with Crippen LogP contribution in [0, 0.1) is 6.92 Å². The molecule has 7 heteroatoms. The maximum absolute atomic E-state index is 13.1. The first-order valence-corrected chi connectivity index (χ1v) is 11.1. The summed E-state index contributed by atoms with van der Waals surface area (Å²) in [6.45, 7) is 4.90. The van der Waals surface area contributed by atoms with Crippen molar-refractivity contribution in [1.29, 1.82) is 0 Å². The monoisotopic (exact) mass is 424 g/mol. The second-order valence-electron chi connectivity index (χ2n) is 7.79. The van der Waals surface area contributed by atoms with Crippen molar-refractivity contribution in [3.63, 3.8) is 0 Å². The molecule has 1 N–H and O–H groups in total. The fraction of sp³-hybridized carbons (Fsp3) is 0.348. The Labute approximate surface area is 180 Å². The summed E-state index contributed by atoms with van der Waals surface area (Å²) >= 11 is 1.85. The number of hydrogen-bond donors (Lipinski definition) is 1. The zero-order chi connectivity index (χ0) is 21.3. The molecule has 2 heterocycles. The van der Waals surface area contributed by atoms with E-state index in [1.165, 1.54) is 0 Å². The fourth-order valence-electron chi connectivity index (χ4n) is 3.85. The number of benzene rings is 2. The smallest absolute Gasteiger partial charge is 0.339 e. The number of fused-ring (bicyclic) bond motifs is 1.